The number of thioether (sulfide) groups is 1. The van der Waals surface area contributed by atoms with Gasteiger partial charge in [-0.3, -0.25) is 4.79 Å². The highest BCUT2D eigenvalue weighted by Gasteiger charge is 1.96. The first-order valence-corrected chi connectivity index (χ1v) is 6.22. The Hall–Kier alpha value is -0.220. The molecule has 4 heteroatoms. The van der Waals surface area contributed by atoms with E-state index in [0.717, 1.165) is 25.1 Å². The van der Waals surface area contributed by atoms with Gasteiger partial charge in [-0.15, -0.1) is 0 Å². The van der Waals surface area contributed by atoms with E-state index in [2.05, 4.69) is 19.0 Å². The Bertz CT molecular complexity index is 151. The average Bonchev–Trinajstić information content (AvgIpc) is 2.08. The zero-order chi connectivity index (χ0) is 10.8. The van der Waals surface area contributed by atoms with Crippen LogP contribution in [0, 0.1) is 0 Å². The van der Waals surface area contributed by atoms with E-state index in [0.29, 0.717) is 6.42 Å². The van der Waals surface area contributed by atoms with Gasteiger partial charge in [0.05, 0.1) is 0 Å². The fourth-order valence-corrected chi connectivity index (χ4v) is 2.01. The van der Waals surface area contributed by atoms with Gasteiger partial charge in [0.2, 0.25) is 0 Å². The summed E-state index contributed by atoms with van der Waals surface area (Å²) in [5.74, 6) is 1.61. The third-order valence-corrected chi connectivity index (χ3v) is 2.98. The molecule has 0 aliphatic rings. The molecule has 0 heterocycles. The topological polar surface area (TPSA) is 40.5 Å². The maximum atomic E-state index is 10.2. The summed E-state index contributed by atoms with van der Waals surface area (Å²) in [7, 11) is 4.16. The number of aliphatic carboxylic acids is 1. The first-order valence-electron chi connectivity index (χ1n) is 5.07. The third-order valence-electron chi connectivity index (χ3n) is 1.82. The highest BCUT2D eigenvalue weighted by molar-refractivity contribution is 7.99. The van der Waals surface area contributed by atoms with Gasteiger partial charge in [-0.25, -0.2) is 0 Å². The number of carboxylic acid groups (broad SMARTS) is 1. The van der Waals surface area contributed by atoms with Crippen LogP contribution in [0.4, 0.5) is 0 Å². The molecule has 0 aliphatic carbocycles. The van der Waals surface area contributed by atoms with Crippen LogP contribution < -0.4 is 0 Å². The number of carboxylic acids is 1. The van der Waals surface area contributed by atoms with Gasteiger partial charge < -0.3 is 10.0 Å². The molecule has 0 aromatic rings. The minimum atomic E-state index is -0.678. The Kier molecular flexibility index (Phi) is 9.19. The molecule has 0 radical (unpaired) electrons. The minimum absolute atomic E-state index is 0.318. The van der Waals surface area contributed by atoms with Crippen molar-refractivity contribution in [2.75, 3.05) is 32.1 Å². The molecular formula is C10H21NO2S. The van der Waals surface area contributed by atoms with E-state index in [1.165, 1.54) is 12.2 Å². The van der Waals surface area contributed by atoms with E-state index in [1.54, 1.807) is 0 Å². The molecular weight excluding hydrogens is 198 g/mol. The first kappa shape index (κ1) is 13.8. The van der Waals surface area contributed by atoms with Gasteiger partial charge >= 0.3 is 5.97 Å². The summed E-state index contributed by atoms with van der Waals surface area (Å²) in [6.45, 7) is 1.14. The van der Waals surface area contributed by atoms with Crippen molar-refractivity contribution in [1.82, 2.24) is 4.90 Å². The molecule has 1 N–H and O–H groups in total. The summed E-state index contributed by atoms with van der Waals surface area (Å²) in [6, 6.07) is 0. The van der Waals surface area contributed by atoms with E-state index >= 15 is 0 Å². The van der Waals surface area contributed by atoms with Crippen molar-refractivity contribution < 1.29 is 9.90 Å². The Balaban J connectivity index is 2.96. The highest BCUT2D eigenvalue weighted by Crippen LogP contribution is 2.07. The van der Waals surface area contributed by atoms with Crippen LogP contribution in [0.3, 0.4) is 0 Å². The second-order valence-electron chi connectivity index (χ2n) is 3.62. The van der Waals surface area contributed by atoms with Crippen molar-refractivity contribution in [2.24, 2.45) is 0 Å². The summed E-state index contributed by atoms with van der Waals surface area (Å²) in [4.78, 5) is 12.4. The van der Waals surface area contributed by atoms with E-state index < -0.39 is 5.97 Å². The molecule has 0 saturated carbocycles. The van der Waals surface area contributed by atoms with Crippen molar-refractivity contribution in [3.05, 3.63) is 0 Å². The number of hydrogen-bond acceptors (Lipinski definition) is 3. The SMILES string of the molecule is CN(C)CCCSCCCCC(=O)O. The molecule has 0 bridgehead atoms. The summed E-state index contributed by atoms with van der Waals surface area (Å²) >= 11 is 1.93. The third kappa shape index (κ3) is 11.8. The van der Waals surface area contributed by atoms with Gasteiger partial charge in [0.1, 0.15) is 0 Å². The number of carbonyl (C=O) groups is 1. The summed E-state index contributed by atoms with van der Waals surface area (Å²) in [5, 5.41) is 8.40. The molecule has 0 aliphatic heterocycles. The van der Waals surface area contributed by atoms with Crippen LogP contribution in [0.15, 0.2) is 0 Å². The van der Waals surface area contributed by atoms with Crippen LogP contribution in [-0.2, 0) is 4.79 Å². The predicted molar refractivity (Wildman–Crippen MR) is 62.0 cm³/mol. The quantitative estimate of drug-likeness (QED) is 0.602. The predicted octanol–water partition coefficient (Wildman–Crippen LogP) is 1.93. The number of nitrogens with zero attached hydrogens (tertiary/aromatic N) is 1. The van der Waals surface area contributed by atoms with E-state index in [-0.39, 0.29) is 0 Å². The normalized spacial score (nSPS) is 10.8. The lowest BCUT2D eigenvalue weighted by Crippen LogP contribution is -2.13. The summed E-state index contributed by atoms with van der Waals surface area (Å²) < 4.78 is 0. The molecule has 3 nitrogen and oxygen atoms in total. The lowest BCUT2D eigenvalue weighted by Gasteiger charge is -2.08. The van der Waals surface area contributed by atoms with Crippen molar-refractivity contribution >= 4 is 17.7 Å². The Labute approximate surface area is 90.9 Å². The van der Waals surface area contributed by atoms with Crippen LogP contribution in [0.5, 0.6) is 0 Å². The lowest BCUT2D eigenvalue weighted by atomic mass is 10.3. The number of hydrogen-bond donors (Lipinski definition) is 1. The molecule has 0 atom stereocenters. The lowest BCUT2D eigenvalue weighted by molar-refractivity contribution is -0.137. The van der Waals surface area contributed by atoms with Crippen LogP contribution in [0.25, 0.3) is 0 Å². The molecule has 0 spiro atoms. The second-order valence-corrected chi connectivity index (χ2v) is 4.84. The maximum absolute atomic E-state index is 10.2. The van der Waals surface area contributed by atoms with Gasteiger partial charge in [0, 0.05) is 6.42 Å². The average molecular weight is 219 g/mol. The van der Waals surface area contributed by atoms with E-state index in [4.69, 9.17) is 5.11 Å². The van der Waals surface area contributed by atoms with Crippen molar-refractivity contribution in [3.63, 3.8) is 0 Å². The maximum Gasteiger partial charge on any atom is 0.303 e. The molecule has 0 rings (SSSR count). The van der Waals surface area contributed by atoms with Crippen molar-refractivity contribution in [1.29, 1.82) is 0 Å². The fourth-order valence-electron chi connectivity index (χ4n) is 1.07. The molecule has 0 fully saturated rings. The summed E-state index contributed by atoms with van der Waals surface area (Å²) in [6.07, 6.45) is 3.38. The number of rotatable bonds is 9. The molecule has 0 aromatic heterocycles. The van der Waals surface area contributed by atoms with Gasteiger partial charge in [-0.2, -0.15) is 11.8 Å². The monoisotopic (exact) mass is 219 g/mol. The molecule has 0 amide bonds. The molecule has 0 aromatic carbocycles. The zero-order valence-corrected chi connectivity index (χ0v) is 9.98. The van der Waals surface area contributed by atoms with Crippen molar-refractivity contribution in [2.45, 2.75) is 25.7 Å². The van der Waals surface area contributed by atoms with Crippen LogP contribution in [0.1, 0.15) is 25.7 Å². The van der Waals surface area contributed by atoms with Crippen LogP contribution in [-0.4, -0.2) is 48.1 Å². The summed E-state index contributed by atoms with van der Waals surface area (Å²) in [5.41, 5.74) is 0. The Morgan fingerprint density at radius 2 is 1.86 bits per heavy atom. The van der Waals surface area contributed by atoms with E-state index in [1.807, 2.05) is 11.8 Å². The van der Waals surface area contributed by atoms with Crippen LogP contribution in [0.2, 0.25) is 0 Å². The fraction of sp³-hybridized carbons (Fsp3) is 0.900. The number of unbranched alkanes of at least 4 members (excludes halogenated alkanes) is 1. The molecule has 84 valence electrons. The van der Waals surface area contributed by atoms with Gasteiger partial charge in [0.15, 0.2) is 0 Å². The highest BCUT2D eigenvalue weighted by atomic mass is 32.2. The van der Waals surface area contributed by atoms with E-state index in [9.17, 15) is 4.79 Å². The molecule has 0 unspecified atom stereocenters. The Morgan fingerprint density at radius 1 is 1.21 bits per heavy atom. The van der Waals surface area contributed by atoms with Crippen LogP contribution >= 0.6 is 11.8 Å². The zero-order valence-electron chi connectivity index (χ0n) is 9.16. The molecule has 0 saturated heterocycles. The Morgan fingerprint density at radius 3 is 2.43 bits per heavy atom. The first-order chi connectivity index (χ1) is 6.63. The standard InChI is InChI=1S/C10H21NO2S/c1-11(2)7-5-9-14-8-4-3-6-10(12)13/h3-9H2,1-2H3,(H,12,13). The minimum Gasteiger partial charge on any atom is -0.481 e. The largest absolute Gasteiger partial charge is 0.481 e. The van der Waals surface area contributed by atoms with Gasteiger partial charge in [-0.1, -0.05) is 0 Å². The smallest absolute Gasteiger partial charge is 0.303 e. The molecule has 14 heavy (non-hydrogen) atoms. The van der Waals surface area contributed by atoms with Crippen molar-refractivity contribution in [3.8, 4) is 0 Å². The van der Waals surface area contributed by atoms with Gasteiger partial charge in [-0.05, 0) is 51.4 Å². The van der Waals surface area contributed by atoms with Gasteiger partial charge in [0.25, 0.3) is 0 Å². The second kappa shape index (κ2) is 9.34.